The van der Waals surface area contributed by atoms with E-state index in [9.17, 15) is 0 Å². The predicted octanol–water partition coefficient (Wildman–Crippen LogP) is 6.88. The number of benzene rings is 4. The lowest BCUT2D eigenvalue weighted by Gasteiger charge is -2.33. The summed E-state index contributed by atoms with van der Waals surface area (Å²) in [4.78, 5) is 1.31. The fourth-order valence-electron chi connectivity index (χ4n) is 4.51. The molecule has 2 aliphatic rings. The first-order valence-electron chi connectivity index (χ1n) is 11.3. The van der Waals surface area contributed by atoms with E-state index in [1.54, 1.807) is 0 Å². The topological polar surface area (TPSA) is 36.1 Å². The largest absolute Gasteiger partial charge is 0.368 e. The van der Waals surface area contributed by atoms with Crippen molar-refractivity contribution in [3.63, 3.8) is 0 Å². The van der Waals surface area contributed by atoms with Gasteiger partial charge in [0.25, 0.3) is 0 Å². The van der Waals surface area contributed by atoms with Crippen molar-refractivity contribution >= 4 is 23.1 Å². The van der Waals surface area contributed by atoms with Crippen LogP contribution in [0, 0.1) is 0 Å². The van der Waals surface area contributed by atoms with Gasteiger partial charge < -0.3 is 10.6 Å². The van der Waals surface area contributed by atoms with Crippen LogP contribution in [0.15, 0.2) is 120 Å². The third-order valence-electron chi connectivity index (χ3n) is 6.19. The fourth-order valence-corrected chi connectivity index (χ4v) is 5.64. The van der Waals surface area contributed by atoms with Gasteiger partial charge in [0, 0.05) is 16.3 Å². The highest BCUT2D eigenvalue weighted by atomic mass is 32.2. The summed E-state index contributed by atoms with van der Waals surface area (Å²) < 4.78 is 0. The first-order valence-corrected chi connectivity index (χ1v) is 12.2. The monoisotopic (exact) mass is 447 g/mol. The average Bonchev–Trinajstić information content (AvgIpc) is 3.34. The number of nitrogens with one attached hydrogen (secondary N) is 3. The highest BCUT2D eigenvalue weighted by Gasteiger charge is 2.26. The van der Waals surface area contributed by atoms with Crippen LogP contribution in [0.2, 0.25) is 0 Å². The van der Waals surface area contributed by atoms with Crippen LogP contribution in [0.3, 0.4) is 0 Å². The standard InChI is InChI=1S/C29H25N3S/c1-3-10-20(11-4-1)25-19-26(21-12-5-2-6-13-21)31-28(30-25)22-14-9-15-23(18-22)29-32-24-16-7-8-17-27(24)33-29/h1-19,25,28-32H. The van der Waals surface area contributed by atoms with Gasteiger partial charge >= 0.3 is 0 Å². The average molecular weight is 448 g/mol. The summed E-state index contributed by atoms with van der Waals surface area (Å²) in [6.07, 6.45) is 2.29. The predicted molar refractivity (Wildman–Crippen MR) is 138 cm³/mol. The van der Waals surface area contributed by atoms with E-state index in [4.69, 9.17) is 0 Å². The van der Waals surface area contributed by atoms with Crippen LogP contribution >= 0.6 is 11.8 Å². The van der Waals surface area contributed by atoms with E-state index in [2.05, 4.69) is 131 Å². The molecule has 6 rings (SSSR count). The first-order chi connectivity index (χ1) is 16.3. The van der Waals surface area contributed by atoms with Crippen molar-refractivity contribution in [3.8, 4) is 0 Å². The van der Waals surface area contributed by atoms with Gasteiger partial charge in [-0.05, 0) is 46.5 Å². The van der Waals surface area contributed by atoms with Crippen LogP contribution in [0.1, 0.15) is 39.8 Å². The van der Waals surface area contributed by atoms with Gasteiger partial charge in [0.1, 0.15) is 11.5 Å². The van der Waals surface area contributed by atoms with Gasteiger partial charge in [-0.25, -0.2) is 0 Å². The molecular formula is C29H25N3S. The van der Waals surface area contributed by atoms with Gasteiger partial charge in [0.15, 0.2) is 0 Å². The lowest BCUT2D eigenvalue weighted by molar-refractivity contribution is 0.442. The van der Waals surface area contributed by atoms with Crippen molar-refractivity contribution in [2.75, 3.05) is 5.32 Å². The summed E-state index contributed by atoms with van der Waals surface area (Å²) in [6.45, 7) is 0. The van der Waals surface area contributed by atoms with Gasteiger partial charge in [0.2, 0.25) is 0 Å². The molecule has 2 aliphatic heterocycles. The van der Waals surface area contributed by atoms with E-state index < -0.39 is 0 Å². The quantitative estimate of drug-likeness (QED) is 0.319. The van der Waals surface area contributed by atoms with Crippen LogP contribution in [-0.2, 0) is 0 Å². The summed E-state index contributed by atoms with van der Waals surface area (Å²) in [5.41, 5.74) is 7.34. The molecule has 0 saturated heterocycles. The third kappa shape index (κ3) is 4.15. The molecule has 2 heterocycles. The molecule has 162 valence electrons. The van der Waals surface area contributed by atoms with Crippen molar-refractivity contribution in [1.29, 1.82) is 0 Å². The van der Waals surface area contributed by atoms with E-state index >= 15 is 0 Å². The zero-order valence-electron chi connectivity index (χ0n) is 18.1. The lowest BCUT2D eigenvalue weighted by Crippen LogP contribution is -2.39. The van der Waals surface area contributed by atoms with Crippen molar-refractivity contribution < 1.29 is 0 Å². The fraction of sp³-hybridized carbons (Fsp3) is 0.103. The molecule has 0 bridgehead atoms. The molecule has 0 aliphatic carbocycles. The molecule has 0 amide bonds. The Morgan fingerprint density at radius 3 is 2.12 bits per heavy atom. The Labute approximate surface area is 198 Å². The van der Waals surface area contributed by atoms with Gasteiger partial charge in [0.05, 0.1) is 6.04 Å². The summed E-state index contributed by atoms with van der Waals surface area (Å²) in [5.74, 6) is 0. The molecule has 0 fully saturated rings. The molecule has 3 N–H and O–H groups in total. The van der Waals surface area contributed by atoms with Gasteiger partial charge in [-0.3, -0.25) is 5.32 Å². The highest BCUT2D eigenvalue weighted by Crippen LogP contribution is 2.46. The molecule has 3 atom stereocenters. The SMILES string of the molecule is C1=C(c2ccccc2)NC(c2cccc(C3Nc4ccccc4S3)c2)NC1c1ccccc1. The Morgan fingerprint density at radius 2 is 1.30 bits per heavy atom. The third-order valence-corrected chi connectivity index (χ3v) is 7.42. The van der Waals surface area contributed by atoms with Crippen LogP contribution in [0.5, 0.6) is 0 Å². The molecule has 3 nitrogen and oxygen atoms in total. The molecule has 0 saturated carbocycles. The molecule has 33 heavy (non-hydrogen) atoms. The number of rotatable bonds is 4. The minimum absolute atomic E-state index is 0.00383. The van der Waals surface area contributed by atoms with Crippen LogP contribution in [0.25, 0.3) is 5.70 Å². The van der Waals surface area contributed by atoms with E-state index in [0.717, 1.165) is 5.70 Å². The molecular weight excluding hydrogens is 422 g/mol. The first kappa shape index (κ1) is 20.2. The molecule has 0 spiro atoms. The molecule has 0 radical (unpaired) electrons. The number of thioether (sulfide) groups is 1. The minimum atomic E-state index is 0.00383. The Hall–Kier alpha value is -3.47. The van der Waals surface area contributed by atoms with Crippen molar-refractivity contribution in [2.24, 2.45) is 0 Å². The second-order valence-electron chi connectivity index (χ2n) is 8.39. The second kappa shape index (κ2) is 8.81. The van der Waals surface area contributed by atoms with Crippen molar-refractivity contribution in [1.82, 2.24) is 10.6 Å². The maximum Gasteiger partial charge on any atom is 0.104 e. The van der Waals surface area contributed by atoms with Gasteiger partial charge in [-0.1, -0.05) is 103 Å². The van der Waals surface area contributed by atoms with E-state index in [1.165, 1.54) is 32.8 Å². The summed E-state index contributed by atoms with van der Waals surface area (Å²) in [6, 6.07) is 38.8. The number of hydrogen-bond donors (Lipinski definition) is 3. The Kier molecular flexibility index (Phi) is 5.38. The Bertz CT molecular complexity index is 1260. The number of anilines is 1. The number of para-hydroxylation sites is 1. The number of hydrogen-bond acceptors (Lipinski definition) is 4. The number of fused-ring (bicyclic) bond motifs is 1. The van der Waals surface area contributed by atoms with Crippen molar-refractivity contribution in [3.05, 3.63) is 138 Å². The summed E-state index contributed by atoms with van der Waals surface area (Å²) >= 11 is 1.88. The van der Waals surface area contributed by atoms with E-state index in [1.807, 2.05) is 11.8 Å². The van der Waals surface area contributed by atoms with Gasteiger partial charge in [-0.15, -0.1) is 0 Å². The van der Waals surface area contributed by atoms with E-state index in [-0.39, 0.29) is 17.6 Å². The lowest BCUT2D eigenvalue weighted by atomic mass is 9.98. The summed E-state index contributed by atoms with van der Waals surface area (Å²) in [7, 11) is 0. The summed E-state index contributed by atoms with van der Waals surface area (Å²) in [5, 5.41) is 11.4. The molecule has 4 heteroatoms. The zero-order chi connectivity index (χ0) is 22.0. The smallest absolute Gasteiger partial charge is 0.104 e. The Balaban J connectivity index is 1.32. The molecule has 4 aromatic carbocycles. The van der Waals surface area contributed by atoms with Crippen LogP contribution < -0.4 is 16.0 Å². The van der Waals surface area contributed by atoms with Gasteiger partial charge in [-0.2, -0.15) is 0 Å². The molecule has 0 aromatic heterocycles. The second-order valence-corrected chi connectivity index (χ2v) is 9.53. The Morgan fingerprint density at radius 1 is 0.606 bits per heavy atom. The normalized spacial score (nSPS) is 21.5. The van der Waals surface area contributed by atoms with Crippen LogP contribution in [-0.4, -0.2) is 0 Å². The maximum absolute atomic E-state index is 3.81. The highest BCUT2D eigenvalue weighted by molar-refractivity contribution is 8.00. The van der Waals surface area contributed by atoms with Crippen LogP contribution in [0.4, 0.5) is 5.69 Å². The minimum Gasteiger partial charge on any atom is -0.368 e. The molecule has 4 aromatic rings. The van der Waals surface area contributed by atoms with Crippen molar-refractivity contribution in [2.45, 2.75) is 22.5 Å². The maximum atomic E-state index is 3.81. The zero-order valence-corrected chi connectivity index (χ0v) is 18.9. The molecule has 3 unspecified atom stereocenters. The van der Waals surface area contributed by atoms with E-state index in [0.29, 0.717) is 0 Å².